The molecular formula is C7H6N2O3. The minimum Gasteiger partial charge on any atom is -0.314 e. The van der Waals surface area contributed by atoms with Crippen LogP contribution in [0, 0.1) is 0 Å². The van der Waals surface area contributed by atoms with Crippen LogP contribution in [0.2, 0.25) is 0 Å². The molecule has 62 valence electrons. The van der Waals surface area contributed by atoms with Gasteiger partial charge in [0.2, 0.25) is 0 Å². The lowest BCUT2D eigenvalue weighted by Crippen LogP contribution is -2.37. The van der Waals surface area contributed by atoms with Gasteiger partial charge in [0.15, 0.2) is 0 Å². The second-order valence-electron chi connectivity index (χ2n) is 2.00. The average molecular weight is 166 g/mol. The summed E-state index contributed by atoms with van der Waals surface area (Å²) >= 11 is 0. The van der Waals surface area contributed by atoms with Gasteiger partial charge in [-0.1, -0.05) is 6.58 Å². The Morgan fingerprint density at radius 2 is 2.25 bits per heavy atom. The highest BCUT2D eigenvalue weighted by Crippen LogP contribution is 1.72. The summed E-state index contributed by atoms with van der Waals surface area (Å²) in [5.41, 5.74) is -1.42. The first-order chi connectivity index (χ1) is 5.66. The molecular weight excluding hydrogens is 160 g/mol. The van der Waals surface area contributed by atoms with Crippen LogP contribution >= 0.6 is 0 Å². The summed E-state index contributed by atoms with van der Waals surface area (Å²) < 4.78 is 0.465. The van der Waals surface area contributed by atoms with Crippen LogP contribution < -0.4 is 11.2 Å². The van der Waals surface area contributed by atoms with E-state index in [0.717, 1.165) is 12.1 Å². The third-order valence-electron chi connectivity index (χ3n) is 1.25. The SMILES string of the molecule is C=CC(=O)n1c(=O)cc[nH]c1=O. The Bertz CT molecular complexity index is 399. The van der Waals surface area contributed by atoms with E-state index in [-0.39, 0.29) is 0 Å². The molecule has 1 rings (SSSR count). The predicted molar refractivity (Wildman–Crippen MR) is 42.1 cm³/mol. The Morgan fingerprint density at radius 1 is 1.58 bits per heavy atom. The monoisotopic (exact) mass is 166 g/mol. The first-order valence-corrected chi connectivity index (χ1v) is 3.14. The first kappa shape index (κ1) is 8.19. The number of carbonyl (C=O) groups excluding carboxylic acids is 1. The Balaban J connectivity index is 3.52. The minimum absolute atomic E-state index is 0.465. The smallest absolute Gasteiger partial charge is 0.314 e. The van der Waals surface area contributed by atoms with Crippen molar-refractivity contribution in [2.75, 3.05) is 0 Å². The van der Waals surface area contributed by atoms with E-state index < -0.39 is 17.2 Å². The van der Waals surface area contributed by atoms with Crippen molar-refractivity contribution in [3.05, 3.63) is 45.8 Å². The minimum atomic E-state index is -0.757. The Labute approximate surface area is 67.0 Å². The normalized spacial score (nSPS) is 9.33. The maximum absolute atomic E-state index is 10.9. The summed E-state index contributed by atoms with van der Waals surface area (Å²) in [6.45, 7) is 3.16. The second kappa shape index (κ2) is 3.00. The molecule has 0 aromatic carbocycles. The van der Waals surface area contributed by atoms with E-state index in [1.165, 1.54) is 6.20 Å². The van der Waals surface area contributed by atoms with Gasteiger partial charge in [0.25, 0.3) is 11.5 Å². The molecule has 0 aliphatic carbocycles. The van der Waals surface area contributed by atoms with Crippen molar-refractivity contribution >= 4 is 5.91 Å². The molecule has 0 aliphatic heterocycles. The summed E-state index contributed by atoms with van der Waals surface area (Å²) in [7, 11) is 0. The van der Waals surface area contributed by atoms with E-state index in [1.54, 1.807) is 0 Å². The molecule has 1 heterocycles. The van der Waals surface area contributed by atoms with Crippen molar-refractivity contribution in [1.29, 1.82) is 0 Å². The quantitative estimate of drug-likeness (QED) is 0.564. The predicted octanol–water partition coefficient (Wildman–Crippen LogP) is -0.637. The zero-order valence-electron chi connectivity index (χ0n) is 6.11. The number of carbonyl (C=O) groups is 1. The summed E-state index contributed by atoms with van der Waals surface area (Å²) in [6, 6.07) is 1.09. The van der Waals surface area contributed by atoms with Crippen molar-refractivity contribution in [2.45, 2.75) is 0 Å². The molecule has 0 bridgehead atoms. The van der Waals surface area contributed by atoms with Gasteiger partial charge in [0, 0.05) is 12.3 Å². The van der Waals surface area contributed by atoms with Crippen molar-refractivity contribution in [1.82, 2.24) is 9.55 Å². The largest absolute Gasteiger partial charge is 0.335 e. The number of nitrogens with one attached hydrogen (secondary N) is 1. The van der Waals surface area contributed by atoms with E-state index in [4.69, 9.17) is 0 Å². The molecule has 12 heavy (non-hydrogen) atoms. The number of hydrogen-bond donors (Lipinski definition) is 1. The van der Waals surface area contributed by atoms with Crippen LogP contribution in [0.3, 0.4) is 0 Å². The van der Waals surface area contributed by atoms with E-state index in [9.17, 15) is 14.4 Å². The van der Waals surface area contributed by atoms with Crippen molar-refractivity contribution in [2.24, 2.45) is 0 Å². The van der Waals surface area contributed by atoms with Crippen LogP contribution in [-0.2, 0) is 0 Å². The third-order valence-corrected chi connectivity index (χ3v) is 1.25. The van der Waals surface area contributed by atoms with Crippen molar-refractivity contribution < 1.29 is 4.79 Å². The van der Waals surface area contributed by atoms with Crippen LogP contribution in [-0.4, -0.2) is 15.5 Å². The van der Waals surface area contributed by atoms with E-state index in [2.05, 4.69) is 11.6 Å². The number of H-pyrrole nitrogens is 1. The molecule has 0 atom stereocenters. The van der Waals surface area contributed by atoms with Gasteiger partial charge < -0.3 is 4.98 Å². The van der Waals surface area contributed by atoms with Crippen LogP contribution in [0.5, 0.6) is 0 Å². The van der Waals surface area contributed by atoms with Crippen molar-refractivity contribution in [3.8, 4) is 0 Å². The Hall–Kier alpha value is -1.91. The molecule has 5 heteroatoms. The van der Waals surface area contributed by atoms with Crippen molar-refractivity contribution in [3.63, 3.8) is 0 Å². The molecule has 0 aliphatic rings. The zero-order valence-corrected chi connectivity index (χ0v) is 6.11. The van der Waals surface area contributed by atoms with Gasteiger partial charge in [-0.3, -0.25) is 9.59 Å². The molecule has 0 radical (unpaired) electrons. The topological polar surface area (TPSA) is 71.9 Å². The Kier molecular flexibility index (Phi) is 2.05. The molecule has 1 aromatic heterocycles. The Morgan fingerprint density at radius 3 is 2.75 bits per heavy atom. The summed E-state index contributed by atoms with van der Waals surface area (Å²) in [4.78, 5) is 34.9. The molecule has 0 spiro atoms. The molecule has 0 saturated carbocycles. The van der Waals surface area contributed by atoms with Crippen LogP contribution in [0.25, 0.3) is 0 Å². The first-order valence-electron chi connectivity index (χ1n) is 3.14. The summed E-state index contributed by atoms with van der Waals surface area (Å²) in [5.74, 6) is -0.734. The van der Waals surface area contributed by atoms with E-state index in [1.807, 2.05) is 0 Å². The third kappa shape index (κ3) is 1.24. The lowest BCUT2D eigenvalue weighted by Gasteiger charge is -1.95. The van der Waals surface area contributed by atoms with E-state index in [0.29, 0.717) is 4.57 Å². The lowest BCUT2D eigenvalue weighted by molar-refractivity contribution is 0.0960. The van der Waals surface area contributed by atoms with Gasteiger partial charge in [-0.2, -0.15) is 4.57 Å². The molecule has 0 saturated heterocycles. The van der Waals surface area contributed by atoms with Gasteiger partial charge in [0.1, 0.15) is 0 Å². The highest BCUT2D eigenvalue weighted by atomic mass is 16.2. The highest BCUT2D eigenvalue weighted by molar-refractivity contribution is 5.88. The van der Waals surface area contributed by atoms with Crippen LogP contribution in [0.1, 0.15) is 4.79 Å². The number of allylic oxidation sites excluding steroid dienone is 1. The van der Waals surface area contributed by atoms with Gasteiger partial charge in [0.05, 0.1) is 0 Å². The summed E-state index contributed by atoms with van der Waals surface area (Å²) in [5, 5.41) is 0. The average Bonchev–Trinajstić information content (AvgIpc) is 2.03. The molecule has 5 nitrogen and oxygen atoms in total. The maximum atomic E-state index is 10.9. The maximum Gasteiger partial charge on any atom is 0.335 e. The molecule has 1 aromatic rings. The fraction of sp³-hybridized carbons (Fsp3) is 0. The van der Waals surface area contributed by atoms with Crippen LogP contribution in [0.15, 0.2) is 34.5 Å². The molecule has 1 N–H and O–H groups in total. The van der Waals surface area contributed by atoms with Gasteiger partial charge in [-0.15, -0.1) is 0 Å². The fourth-order valence-corrected chi connectivity index (χ4v) is 0.723. The number of aromatic amines is 1. The van der Waals surface area contributed by atoms with Gasteiger partial charge in [-0.05, 0) is 6.08 Å². The molecule has 0 fully saturated rings. The molecule has 0 amide bonds. The summed E-state index contributed by atoms with van der Waals surface area (Å²) in [6.07, 6.45) is 2.08. The number of nitrogens with zero attached hydrogens (tertiary/aromatic N) is 1. The van der Waals surface area contributed by atoms with Crippen LogP contribution in [0.4, 0.5) is 0 Å². The van der Waals surface area contributed by atoms with E-state index >= 15 is 0 Å². The highest BCUT2D eigenvalue weighted by Gasteiger charge is 2.04. The van der Waals surface area contributed by atoms with Gasteiger partial charge >= 0.3 is 5.69 Å². The fourth-order valence-electron chi connectivity index (χ4n) is 0.723. The standard InChI is InChI=1S/C7H6N2O3/c1-2-5(10)9-6(11)3-4-8-7(9)12/h2-4H,1H2,(H,8,12). The number of hydrogen-bond acceptors (Lipinski definition) is 3. The second-order valence-corrected chi connectivity index (χ2v) is 2.00. The number of aromatic nitrogens is 2. The lowest BCUT2D eigenvalue weighted by atomic mass is 10.5. The number of rotatable bonds is 1. The molecule has 0 unspecified atom stereocenters. The zero-order chi connectivity index (χ0) is 9.14. The van der Waals surface area contributed by atoms with Gasteiger partial charge in [-0.25, -0.2) is 4.79 Å².